The summed E-state index contributed by atoms with van der Waals surface area (Å²) in [4.78, 5) is 33.8. The molecule has 1 N–H and O–H groups in total. The largest absolute Gasteiger partial charge is 0.460 e. The van der Waals surface area contributed by atoms with Crippen LogP contribution in [0.25, 0.3) is 10.2 Å². The minimum atomic E-state index is -0.851. The summed E-state index contributed by atoms with van der Waals surface area (Å²) >= 11 is 1.62. The average molecular weight is 536 g/mol. The molecule has 0 atom stereocenters. The van der Waals surface area contributed by atoms with E-state index in [1.807, 2.05) is 45.0 Å². The number of hydrogen-bond acceptors (Lipinski definition) is 6. The van der Waals surface area contributed by atoms with Crippen LogP contribution in [0.1, 0.15) is 43.3 Å². The van der Waals surface area contributed by atoms with Gasteiger partial charge < -0.3 is 19.4 Å². The molecular formula is C30H39N4O3S+. The van der Waals surface area contributed by atoms with Crippen molar-refractivity contribution in [1.82, 2.24) is 10.3 Å². The van der Waals surface area contributed by atoms with Gasteiger partial charge in [-0.3, -0.25) is 9.59 Å². The van der Waals surface area contributed by atoms with Crippen LogP contribution in [0.2, 0.25) is 0 Å². The molecule has 0 spiro atoms. The van der Waals surface area contributed by atoms with Gasteiger partial charge in [-0.2, -0.15) is 0 Å². The Hall–Kier alpha value is -2.97. The van der Waals surface area contributed by atoms with Crippen molar-refractivity contribution in [2.45, 2.75) is 52.2 Å². The summed E-state index contributed by atoms with van der Waals surface area (Å²) in [5.74, 6) is -0.457. The van der Waals surface area contributed by atoms with Crippen LogP contribution >= 0.6 is 11.3 Å². The zero-order valence-corrected chi connectivity index (χ0v) is 24.0. The molecule has 2 heterocycles. The van der Waals surface area contributed by atoms with Gasteiger partial charge in [0, 0.05) is 5.69 Å². The van der Waals surface area contributed by atoms with Crippen molar-refractivity contribution in [3.8, 4) is 0 Å². The number of piperazine rings is 1. The highest BCUT2D eigenvalue weighted by Gasteiger charge is 2.46. The van der Waals surface area contributed by atoms with Crippen molar-refractivity contribution in [2.75, 3.05) is 45.2 Å². The number of nitrogens with one attached hydrogen (secondary N) is 1. The van der Waals surface area contributed by atoms with E-state index in [1.165, 1.54) is 5.69 Å². The van der Waals surface area contributed by atoms with E-state index in [-0.39, 0.29) is 18.3 Å². The van der Waals surface area contributed by atoms with Gasteiger partial charge in [-0.05, 0) is 62.9 Å². The highest BCUT2D eigenvalue weighted by molar-refractivity contribution is 7.18. The number of thiazole rings is 1. The molecule has 1 aromatic heterocycles. The molecule has 0 saturated carbocycles. The standard InChI is InChI=1S/C30H38N4O3S/c1-29(2,3)37-27(35)19-30(17-21-8-6-7-9-22(21)18-30)28(36)31-20-26-32-24-11-10-23(16-25(24)38-26)33-12-14-34(4,5)15-13-33/h6-11,16H,12-15,17-20H2,1-5H3/p+1. The monoisotopic (exact) mass is 535 g/mol. The number of quaternary nitrogens is 1. The number of hydrogen-bond donors (Lipinski definition) is 1. The third kappa shape index (κ3) is 5.86. The molecule has 38 heavy (non-hydrogen) atoms. The minimum absolute atomic E-state index is 0.0549. The first-order valence-electron chi connectivity index (χ1n) is 13.4. The second-order valence-electron chi connectivity index (χ2n) is 12.5. The van der Waals surface area contributed by atoms with Crippen LogP contribution in [0.4, 0.5) is 5.69 Å². The van der Waals surface area contributed by atoms with Crippen LogP contribution < -0.4 is 10.2 Å². The van der Waals surface area contributed by atoms with E-state index in [9.17, 15) is 9.59 Å². The Bertz CT molecular complexity index is 1320. The molecule has 0 unspecified atom stereocenters. The molecule has 1 aliphatic heterocycles. The van der Waals surface area contributed by atoms with Gasteiger partial charge in [0.15, 0.2) is 0 Å². The third-order valence-electron chi connectivity index (χ3n) is 7.69. The molecule has 7 nitrogen and oxygen atoms in total. The Morgan fingerprint density at radius 1 is 1.08 bits per heavy atom. The van der Waals surface area contributed by atoms with Crippen LogP contribution in [-0.2, 0) is 33.7 Å². The number of rotatable bonds is 6. The topological polar surface area (TPSA) is 71.5 Å². The van der Waals surface area contributed by atoms with Crippen molar-refractivity contribution in [3.05, 3.63) is 58.6 Å². The number of fused-ring (bicyclic) bond motifs is 2. The maximum Gasteiger partial charge on any atom is 0.307 e. The van der Waals surface area contributed by atoms with Crippen molar-refractivity contribution < 1.29 is 18.8 Å². The second kappa shape index (κ2) is 9.97. The first-order chi connectivity index (χ1) is 17.9. The molecule has 2 aliphatic rings. The van der Waals surface area contributed by atoms with Crippen molar-refractivity contribution >= 4 is 39.1 Å². The quantitative estimate of drug-likeness (QED) is 0.376. The Kier molecular flexibility index (Phi) is 6.99. The van der Waals surface area contributed by atoms with Crippen LogP contribution in [0.15, 0.2) is 42.5 Å². The Balaban J connectivity index is 1.29. The van der Waals surface area contributed by atoms with Crippen molar-refractivity contribution in [1.29, 1.82) is 0 Å². The Morgan fingerprint density at radius 3 is 2.37 bits per heavy atom. The number of amides is 1. The Morgan fingerprint density at radius 2 is 1.74 bits per heavy atom. The maximum atomic E-state index is 13.7. The highest BCUT2D eigenvalue weighted by atomic mass is 32.1. The molecule has 0 bridgehead atoms. The first kappa shape index (κ1) is 26.6. The number of likely N-dealkylation sites (N-methyl/N-ethyl adjacent to an activating group) is 1. The number of benzene rings is 2. The summed E-state index contributed by atoms with van der Waals surface area (Å²) in [6, 6.07) is 14.5. The van der Waals surface area contributed by atoms with Crippen LogP contribution in [0.3, 0.4) is 0 Å². The fourth-order valence-corrected chi connectivity index (χ4v) is 6.50. The molecular weight excluding hydrogens is 496 g/mol. The third-order valence-corrected chi connectivity index (χ3v) is 8.71. The van der Waals surface area contributed by atoms with Crippen LogP contribution in [0.5, 0.6) is 0 Å². The molecule has 0 radical (unpaired) electrons. The zero-order chi connectivity index (χ0) is 27.1. The molecule has 1 amide bonds. The summed E-state index contributed by atoms with van der Waals surface area (Å²) in [7, 11) is 4.57. The van der Waals surface area contributed by atoms with Gasteiger partial charge in [0.05, 0.1) is 68.9 Å². The van der Waals surface area contributed by atoms with Crippen LogP contribution in [-0.4, -0.2) is 67.2 Å². The minimum Gasteiger partial charge on any atom is -0.460 e. The maximum absolute atomic E-state index is 13.7. The Labute approximate surface area is 229 Å². The lowest BCUT2D eigenvalue weighted by molar-refractivity contribution is -0.890. The van der Waals surface area contributed by atoms with Gasteiger partial charge in [-0.1, -0.05) is 24.3 Å². The predicted octanol–water partition coefficient (Wildman–Crippen LogP) is 4.33. The summed E-state index contributed by atoms with van der Waals surface area (Å²) in [5.41, 5.74) is 2.99. The number of aromatic nitrogens is 1. The summed E-state index contributed by atoms with van der Waals surface area (Å²) in [5, 5.41) is 3.99. The molecule has 8 heteroatoms. The number of nitrogens with zero attached hydrogens (tertiary/aromatic N) is 3. The fraction of sp³-hybridized carbons (Fsp3) is 0.500. The van der Waals surface area contributed by atoms with E-state index >= 15 is 0 Å². The summed E-state index contributed by atoms with van der Waals surface area (Å²) in [6.45, 7) is 10.3. The van der Waals surface area contributed by atoms with Gasteiger partial charge in [0.25, 0.3) is 0 Å². The molecule has 202 valence electrons. The zero-order valence-electron chi connectivity index (χ0n) is 23.2. The molecule has 2 aromatic carbocycles. The predicted molar refractivity (Wildman–Crippen MR) is 152 cm³/mol. The van der Waals surface area contributed by atoms with Crippen molar-refractivity contribution in [3.63, 3.8) is 0 Å². The van der Waals surface area contributed by atoms with Gasteiger partial charge in [0.2, 0.25) is 5.91 Å². The number of carbonyl (C=O) groups excluding carboxylic acids is 2. The summed E-state index contributed by atoms with van der Waals surface area (Å²) in [6.07, 6.45) is 1.12. The van der Waals surface area contributed by atoms with E-state index in [0.29, 0.717) is 19.4 Å². The average Bonchev–Trinajstić information content (AvgIpc) is 3.42. The van der Waals surface area contributed by atoms with E-state index in [0.717, 1.165) is 57.0 Å². The first-order valence-corrected chi connectivity index (χ1v) is 14.3. The number of esters is 1. The number of carbonyl (C=O) groups is 2. The van der Waals surface area contributed by atoms with Gasteiger partial charge >= 0.3 is 5.97 Å². The molecule has 1 aliphatic carbocycles. The smallest absolute Gasteiger partial charge is 0.307 e. The lowest BCUT2D eigenvalue weighted by Crippen LogP contribution is -2.54. The molecule has 1 fully saturated rings. The van der Waals surface area contributed by atoms with E-state index in [2.05, 4.69) is 42.5 Å². The second-order valence-corrected chi connectivity index (χ2v) is 13.6. The van der Waals surface area contributed by atoms with Gasteiger partial charge in [-0.15, -0.1) is 11.3 Å². The highest BCUT2D eigenvalue weighted by Crippen LogP contribution is 2.41. The van der Waals surface area contributed by atoms with E-state index < -0.39 is 11.0 Å². The fourth-order valence-electron chi connectivity index (χ4n) is 5.56. The lowest BCUT2D eigenvalue weighted by atomic mass is 9.80. The normalized spacial score (nSPS) is 18.3. The van der Waals surface area contributed by atoms with Gasteiger partial charge in [-0.25, -0.2) is 4.98 Å². The molecule has 5 rings (SSSR count). The number of anilines is 1. The lowest BCUT2D eigenvalue weighted by Gasteiger charge is -2.40. The van der Waals surface area contributed by atoms with E-state index in [1.54, 1.807) is 11.3 Å². The van der Waals surface area contributed by atoms with E-state index in [4.69, 9.17) is 9.72 Å². The number of ether oxygens (including phenoxy) is 1. The van der Waals surface area contributed by atoms with Crippen LogP contribution in [0, 0.1) is 5.41 Å². The molecule has 1 saturated heterocycles. The molecule has 3 aromatic rings. The van der Waals surface area contributed by atoms with Crippen molar-refractivity contribution in [2.24, 2.45) is 5.41 Å². The summed E-state index contributed by atoms with van der Waals surface area (Å²) < 4.78 is 7.80. The van der Waals surface area contributed by atoms with Gasteiger partial charge in [0.1, 0.15) is 10.6 Å². The SMILES string of the molecule is CC(C)(C)OC(=O)CC1(C(=O)NCc2nc3ccc(N4CC[N+](C)(C)CC4)cc3s2)Cc2ccccc2C1.